The predicted molar refractivity (Wildman–Crippen MR) is 71.6 cm³/mol. The van der Waals surface area contributed by atoms with Crippen molar-refractivity contribution in [3.8, 4) is 0 Å². The van der Waals surface area contributed by atoms with E-state index < -0.39 is 0 Å². The first-order valence-corrected chi connectivity index (χ1v) is 6.39. The largest absolute Gasteiger partial charge is 0.354 e. The van der Waals surface area contributed by atoms with Crippen molar-refractivity contribution in [3.05, 3.63) is 23.8 Å². The van der Waals surface area contributed by atoms with E-state index in [4.69, 9.17) is 0 Å². The maximum absolute atomic E-state index is 11.7. The smallest absolute Gasteiger partial charge is 0.271 e. The highest BCUT2D eigenvalue weighted by atomic mass is 16.2. The van der Waals surface area contributed by atoms with Crippen LogP contribution in [0.4, 0.5) is 0 Å². The molecule has 0 aromatic carbocycles. The van der Waals surface area contributed by atoms with Crippen molar-refractivity contribution in [3.63, 3.8) is 0 Å². The average molecular weight is 264 g/mol. The second-order valence-corrected chi connectivity index (χ2v) is 4.43. The van der Waals surface area contributed by atoms with E-state index in [9.17, 15) is 9.59 Å². The zero-order chi connectivity index (χ0) is 14.3. The first-order valence-electron chi connectivity index (χ1n) is 6.39. The van der Waals surface area contributed by atoms with Crippen LogP contribution in [-0.2, 0) is 4.79 Å². The van der Waals surface area contributed by atoms with E-state index in [0.29, 0.717) is 0 Å². The molecule has 0 aliphatic rings. The summed E-state index contributed by atoms with van der Waals surface area (Å²) in [6.07, 6.45) is 4.10. The van der Waals surface area contributed by atoms with Gasteiger partial charge in [-0.25, -0.2) is 4.98 Å². The molecule has 0 unspecified atom stereocenters. The summed E-state index contributed by atoms with van der Waals surface area (Å²) in [4.78, 5) is 31.1. The van der Waals surface area contributed by atoms with Gasteiger partial charge < -0.3 is 10.6 Å². The minimum absolute atomic E-state index is 0.0651. The standard InChI is InChI=1S/C13H20N4O2/c1-4-9(2)17-12(18)5-6-14-13(19)11-8-15-10(3)7-16-11/h7-9H,4-6H2,1-3H3,(H,14,19)(H,17,18)/t9-/m0/s1. The molecule has 0 aliphatic heterocycles. The van der Waals surface area contributed by atoms with Crippen LogP contribution in [0, 0.1) is 6.92 Å². The zero-order valence-corrected chi connectivity index (χ0v) is 11.6. The number of carbonyl (C=O) groups is 2. The Morgan fingerprint density at radius 3 is 2.63 bits per heavy atom. The van der Waals surface area contributed by atoms with E-state index in [-0.39, 0.29) is 36.5 Å². The van der Waals surface area contributed by atoms with E-state index in [1.807, 2.05) is 13.8 Å². The number of carbonyl (C=O) groups excluding carboxylic acids is 2. The van der Waals surface area contributed by atoms with Gasteiger partial charge in [0.15, 0.2) is 0 Å². The van der Waals surface area contributed by atoms with Gasteiger partial charge in [0.05, 0.1) is 11.9 Å². The molecule has 0 fully saturated rings. The maximum Gasteiger partial charge on any atom is 0.271 e. The van der Waals surface area contributed by atoms with Gasteiger partial charge in [-0.2, -0.15) is 0 Å². The number of hydrogen-bond acceptors (Lipinski definition) is 4. The Hall–Kier alpha value is -1.98. The quantitative estimate of drug-likeness (QED) is 0.796. The molecule has 0 saturated heterocycles. The fourth-order valence-corrected chi connectivity index (χ4v) is 1.34. The number of aromatic nitrogens is 2. The summed E-state index contributed by atoms with van der Waals surface area (Å²) < 4.78 is 0. The third kappa shape index (κ3) is 5.46. The molecule has 104 valence electrons. The fourth-order valence-electron chi connectivity index (χ4n) is 1.34. The first kappa shape index (κ1) is 15.1. The summed E-state index contributed by atoms with van der Waals surface area (Å²) in [5.41, 5.74) is 1.01. The van der Waals surface area contributed by atoms with Crippen LogP contribution in [-0.4, -0.2) is 34.4 Å². The highest BCUT2D eigenvalue weighted by molar-refractivity contribution is 5.92. The van der Waals surface area contributed by atoms with Crippen molar-refractivity contribution in [1.29, 1.82) is 0 Å². The van der Waals surface area contributed by atoms with Gasteiger partial charge in [-0.1, -0.05) is 6.92 Å². The SMILES string of the molecule is CC[C@H](C)NC(=O)CCNC(=O)c1cnc(C)cn1. The number of aryl methyl sites for hydroxylation is 1. The van der Waals surface area contributed by atoms with Gasteiger partial charge in [0, 0.05) is 25.2 Å². The Labute approximate surface area is 113 Å². The van der Waals surface area contributed by atoms with Crippen LogP contribution < -0.4 is 10.6 Å². The van der Waals surface area contributed by atoms with Crippen molar-refractivity contribution in [1.82, 2.24) is 20.6 Å². The molecule has 0 radical (unpaired) electrons. The lowest BCUT2D eigenvalue weighted by atomic mass is 10.2. The number of nitrogens with zero attached hydrogens (tertiary/aromatic N) is 2. The molecule has 2 amide bonds. The molecule has 1 aromatic rings. The Kier molecular flexibility index (Phi) is 5.92. The summed E-state index contributed by atoms with van der Waals surface area (Å²) in [7, 11) is 0. The van der Waals surface area contributed by atoms with Crippen molar-refractivity contribution < 1.29 is 9.59 Å². The number of amides is 2. The van der Waals surface area contributed by atoms with E-state index in [1.54, 1.807) is 6.92 Å². The van der Waals surface area contributed by atoms with Crippen LogP contribution in [0.25, 0.3) is 0 Å². The molecular weight excluding hydrogens is 244 g/mol. The minimum atomic E-state index is -0.316. The van der Waals surface area contributed by atoms with Gasteiger partial charge in [0.1, 0.15) is 5.69 Å². The summed E-state index contributed by atoms with van der Waals surface area (Å²) in [5.74, 6) is -0.381. The highest BCUT2D eigenvalue weighted by Crippen LogP contribution is 1.94. The van der Waals surface area contributed by atoms with Crippen molar-refractivity contribution in [2.24, 2.45) is 0 Å². The Morgan fingerprint density at radius 1 is 1.32 bits per heavy atom. The molecule has 1 rings (SSSR count). The molecule has 0 bridgehead atoms. The zero-order valence-electron chi connectivity index (χ0n) is 11.6. The van der Waals surface area contributed by atoms with Gasteiger partial charge in [-0.3, -0.25) is 14.6 Å². The molecule has 19 heavy (non-hydrogen) atoms. The summed E-state index contributed by atoms with van der Waals surface area (Å²) in [6.45, 7) is 6.03. The number of rotatable bonds is 6. The van der Waals surface area contributed by atoms with Crippen molar-refractivity contribution in [2.75, 3.05) is 6.54 Å². The molecular formula is C13H20N4O2. The van der Waals surface area contributed by atoms with Crippen LogP contribution in [0.5, 0.6) is 0 Å². The third-order valence-corrected chi connectivity index (χ3v) is 2.67. The van der Waals surface area contributed by atoms with E-state index in [0.717, 1.165) is 12.1 Å². The maximum atomic E-state index is 11.7. The minimum Gasteiger partial charge on any atom is -0.354 e. The lowest BCUT2D eigenvalue weighted by Crippen LogP contribution is -2.35. The van der Waals surface area contributed by atoms with Gasteiger partial charge >= 0.3 is 0 Å². The average Bonchev–Trinajstić information content (AvgIpc) is 2.39. The molecule has 1 aromatic heterocycles. The first-order chi connectivity index (χ1) is 9.02. The topological polar surface area (TPSA) is 84.0 Å². The van der Waals surface area contributed by atoms with Gasteiger partial charge in [-0.05, 0) is 20.3 Å². The second kappa shape index (κ2) is 7.45. The summed E-state index contributed by atoms with van der Waals surface area (Å²) in [5, 5.41) is 5.47. The molecule has 0 spiro atoms. The van der Waals surface area contributed by atoms with Gasteiger partial charge in [-0.15, -0.1) is 0 Å². The third-order valence-electron chi connectivity index (χ3n) is 2.67. The number of hydrogen-bond donors (Lipinski definition) is 2. The lowest BCUT2D eigenvalue weighted by molar-refractivity contribution is -0.121. The van der Waals surface area contributed by atoms with Crippen LogP contribution in [0.2, 0.25) is 0 Å². The van der Waals surface area contributed by atoms with Gasteiger partial charge in [0.2, 0.25) is 5.91 Å². The molecule has 6 nitrogen and oxygen atoms in total. The fraction of sp³-hybridized carbons (Fsp3) is 0.538. The lowest BCUT2D eigenvalue weighted by Gasteiger charge is -2.11. The van der Waals surface area contributed by atoms with E-state index in [1.165, 1.54) is 12.4 Å². The summed E-state index contributed by atoms with van der Waals surface area (Å²) in [6, 6.07) is 0.158. The van der Waals surface area contributed by atoms with Crippen LogP contribution in [0.3, 0.4) is 0 Å². The Bertz CT molecular complexity index is 431. The summed E-state index contributed by atoms with van der Waals surface area (Å²) >= 11 is 0. The normalized spacial score (nSPS) is 11.7. The van der Waals surface area contributed by atoms with Gasteiger partial charge in [0.25, 0.3) is 5.91 Å². The van der Waals surface area contributed by atoms with Crippen LogP contribution in [0.1, 0.15) is 42.9 Å². The molecule has 1 heterocycles. The van der Waals surface area contributed by atoms with Crippen LogP contribution >= 0.6 is 0 Å². The molecule has 0 saturated carbocycles. The highest BCUT2D eigenvalue weighted by Gasteiger charge is 2.09. The molecule has 6 heteroatoms. The Morgan fingerprint density at radius 2 is 2.05 bits per heavy atom. The van der Waals surface area contributed by atoms with Crippen molar-refractivity contribution >= 4 is 11.8 Å². The van der Waals surface area contributed by atoms with E-state index >= 15 is 0 Å². The monoisotopic (exact) mass is 264 g/mol. The van der Waals surface area contributed by atoms with Crippen LogP contribution in [0.15, 0.2) is 12.4 Å². The second-order valence-electron chi connectivity index (χ2n) is 4.43. The number of nitrogens with one attached hydrogen (secondary N) is 2. The Balaban J connectivity index is 2.31. The molecule has 0 aliphatic carbocycles. The molecule has 1 atom stereocenters. The molecule has 2 N–H and O–H groups in total. The van der Waals surface area contributed by atoms with Crippen molar-refractivity contribution in [2.45, 2.75) is 39.7 Å². The predicted octanol–water partition coefficient (Wildman–Crippen LogP) is 0.820. The van der Waals surface area contributed by atoms with E-state index in [2.05, 4.69) is 20.6 Å².